The van der Waals surface area contributed by atoms with Gasteiger partial charge < -0.3 is 10.1 Å². The van der Waals surface area contributed by atoms with Gasteiger partial charge in [-0.2, -0.15) is 0 Å². The Bertz CT molecular complexity index is 512. The summed E-state index contributed by atoms with van der Waals surface area (Å²) in [6.07, 6.45) is 3.46. The Kier molecular flexibility index (Phi) is 2.08. The molecule has 0 spiro atoms. The molecule has 0 saturated carbocycles. The predicted molar refractivity (Wildman–Crippen MR) is 45.8 cm³/mol. The van der Waals surface area contributed by atoms with Gasteiger partial charge in [0.2, 0.25) is 6.33 Å². The molecular weight excluding hydrogens is 205 g/mol. The van der Waals surface area contributed by atoms with Crippen molar-refractivity contribution in [1.29, 1.82) is 0 Å². The van der Waals surface area contributed by atoms with Crippen LogP contribution >= 0.6 is 0 Å². The molecule has 2 aromatic heterocycles. The Balaban J connectivity index is 2.41. The second-order valence-electron chi connectivity index (χ2n) is 2.61. The monoisotopic (exact) mass is 209 g/mol. The van der Waals surface area contributed by atoms with E-state index in [-0.39, 0.29) is 5.69 Å². The summed E-state index contributed by atoms with van der Waals surface area (Å²) in [5, 5.41) is 13.8. The smallest absolute Gasteiger partial charge is 0.390 e. The van der Waals surface area contributed by atoms with Gasteiger partial charge in [0.15, 0.2) is 0 Å². The standard InChI is InChI=1S/C7H4FN5O2/c8-5-1-6(3-9-2-5)12-4-10-7(11-12)13(14)15/h1-4H. The maximum atomic E-state index is 12.8. The van der Waals surface area contributed by atoms with Crippen LogP contribution < -0.4 is 0 Å². The zero-order valence-corrected chi connectivity index (χ0v) is 7.24. The van der Waals surface area contributed by atoms with Crippen molar-refractivity contribution in [1.82, 2.24) is 19.7 Å². The molecule has 0 aromatic carbocycles. The fourth-order valence-corrected chi connectivity index (χ4v) is 0.988. The normalized spacial score (nSPS) is 10.2. The van der Waals surface area contributed by atoms with Crippen LogP contribution in [0.4, 0.5) is 10.3 Å². The van der Waals surface area contributed by atoms with Gasteiger partial charge in [-0.1, -0.05) is 4.98 Å². The van der Waals surface area contributed by atoms with Crippen LogP contribution in [0.3, 0.4) is 0 Å². The molecule has 2 rings (SSSR count). The molecule has 15 heavy (non-hydrogen) atoms. The number of aromatic nitrogens is 4. The van der Waals surface area contributed by atoms with E-state index in [1.54, 1.807) is 0 Å². The van der Waals surface area contributed by atoms with E-state index in [9.17, 15) is 14.5 Å². The first kappa shape index (κ1) is 9.19. The molecule has 8 heteroatoms. The van der Waals surface area contributed by atoms with E-state index in [0.29, 0.717) is 0 Å². The van der Waals surface area contributed by atoms with Gasteiger partial charge in [-0.3, -0.25) is 4.98 Å². The molecule has 0 aliphatic heterocycles. The fourth-order valence-electron chi connectivity index (χ4n) is 0.988. The quantitative estimate of drug-likeness (QED) is 0.536. The number of pyridine rings is 1. The van der Waals surface area contributed by atoms with Crippen molar-refractivity contribution in [3.63, 3.8) is 0 Å². The van der Waals surface area contributed by atoms with Crippen LogP contribution in [0.5, 0.6) is 0 Å². The fraction of sp³-hybridized carbons (Fsp3) is 0. The van der Waals surface area contributed by atoms with E-state index in [2.05, 4.69) is 15.1 Å². The average Bonchev–Trinajstić information content (AvgIpc) is 2.66. The molecule has 0 radical (unpaired) electrons. The molecule has 0 aliphatic rings. The molecule has 0 amide bonds. The minimum absolute atomic E-state index is 0.274. The number of hydrogen-bond acceptors (Lipinski definition) is 5. The molecule has 0 bridgehead atoms. The maximum Gasteiger partial charge on any atom is 0.491 e. The van der Waals surface area contributed by atoms with E-state index in [1.165, 1.54) is 6.20 Å². The lowest BCUT2D eigenvalue weighted by atomic mass is 10.4. The maximum absolute atomic E-state index is 12.8. The van der Waals surface area contributed by atoms with Crippen molar-refractivity contribution in [2.75, 3.05) is 0 Å². The molecule has 0 saturated heterocycles. The molecule has 2 heterocycles. The first-order valence-corrected chi connectivity index (χ1v) is 3.84. The summed E-state index contributed by atoms with van der Waals surface area (Å²) in [6.45, 7) is 0. The van der Waals surface area contributed by atoms with Crippen molar-refractivity contribution in [2.24, 2.45) is 0 Å². The lowest BCUT2D eigenvalue weighted by molar-refractivity contribution is -0.394. The SMILES string of the molecule is O=[N+]([O-])c1ncn(-c2cncc(F)c2)n1. The summed E-state index contributed by atoms with van der Waals surface area (Å²) < 4.78 is 13.8. The summed E-state index contributed by atoms with van der Waals surface area (Å²) in [5.74, 6) is -1.09. The Morgan fingerprint density at radius 3 is 2.87 bits per heavy atom. The Hall–Kier alpha value is -2.38. The number of rotatable bonds is 2. The zero-order chi connectivity index (χ0) is 10.8. The first-order chi connectivity index (χ1) is 7.16. The van der Waals surface area contributed by atoms with Crippen LogP contribution in [-0.4, -0.2) is 24.7 Å². The average molecular weight is 209 g/mol. The summed E-state index contributed by atoms with van der Waals surface area (Å²) in [4.78, 5) is 16.6. The Morgan fingerprint density at radius 1 is 1.47 bits per heavy atom. The molecule has 0 atom stereocenters. The highest BCUT2D eigenvalue weighted by Gasteiger charge is 2.14. The largest absolute Gasteiger partial charge is 0.491 e. The molecule has 76 valence electrons. The van der Waals surface area contributed by atoms with Crippen LogP contribution in [-0.2, 0) is 0 Å². The topological polar surface area (TPSA) is 86.7 Å². The predicted octanol–water partition coefficient (Wildman–Crippen LogP) is 0.710. The van der Waals surface area contributed by atoms with Gasteiger partial charge in [0, 0.05) is 11.2 Å². The lowest BCUT2D eigenvalue weighted by Crippen LogP contribution is -1.97. The van der Waals surface area contributed by atoms with Gasteiger partial charge >= 0.3 is 5.95 Å². The number of nitrogens with zero attached hydrogens (tertiary/aromatic N) is 5. The van der Waals surface area contributed by atoms with Crippen LogP contribution in [0, 0.1) is 15.9 Å². The summed E-state index contributed by atoms with van der Waals surface area (Å²) in [5.41, 5.74) is 0.274. The van der Waals surface area contributed by atoms with Crippen LogP contribution in [0.25, 0.3) is 5.69 Å². The Labute approximate surface area is 82.4 Å². The highest BCUT2D eigenvalue weighted by molar-refractivity contribution is 5.27. The molecule has 7 nitrogen and oxygen atoms in total. The molecule has 0 fully saturated rings. The third-order valence-electron chi connectivity index (χ3n) is 1.60. The van der Waals surface area contributed by atoms with E-state index in [1.807, 2.05) is 0 Å². The van der Waals surface area contributed by atoms with E-state index < -0.39 is 16.7 Å². The minimum Gasteiger partial charge on any atom is -0.390 e. The van der Waals surface area contributed by atoms with Gasteiger partial charge in [-0.05, 0) is 4.92 Å². The van der Waals surface area contributed by atoms with Gasteiger partial charge in [0.05, 0.1) is 12.4 Å². The van der Waals surface area contributed by atoms with Gasteiger partial charge in [0.1, 0.15) is 11.5 Å². The Morgan fingerprint density at radius 2 is 2.27 bits per heavy atom. The van der Waals surface area contributed by atoms with Crippen LogP contribution in [0.15, 0.2) is 24.8 Å². The van der Waals surface area contributed by atoms with Crippen molar-refractivity contribution in [3.05, 3.63) is 40.7 Å². The van der Waals surface area contributed by atoms with Crippen LogP contribution in [0.1, 0.15) is 0 Å². The van der Waals surface area contributed by atoms with E-state index in [0.717, 1.165) is 23.3 Å². The lowest BCUT2D eigenvalue weighted by Gasteiger charge is -1.94. The van der Waals surface area contributed by atoms with Gasteiger partial charge in [0.25, 0.3) is 0 Å². The van der Waals surface area contributed by atoms with Crippen molar-refractivity contribution < 1.29 is 9.31 Å². The van der Waals surface area contributed by atoms with Crippen LogP contribution in [0.2, 0.25) is 0 Å². The van der Waals surface area contributed by atoms with Gasteiger partial charge in [-0.25, -0.2) is 4.39 Å². The summed E-state index contributed by atoms with van der Waals surface area (Å²) >= 11 is 0. The van der Waals surface area contributed by atoms with E-state index in [4.69, 9.17) is 0 Å². The molecule has 0 unspecified atom stereocenters. The molecular formula is C7H4FN5O2. The summed E-state index contributed by atoms with van der Waals surface area (Å²) in [7, 11) is 0. The number of hydrogen-bond donors (Lipinski definition) is 0. The minimum atomic E-state index is -0.733. The highest BCUT2D eigenvalue weighted by atomic mass is 19.1. The second kappa shape index (κ2) is 3.40. The van der Waals surface area contributed by atoms with E-state index >= 15 is 0 Å². The third kappa shape index (κ3) is 1.77. The van der Waals surface area contributed by atoms with Crippen molar-refractivity contribution in [2.45, 2.75) is 0 Å². The second-order valence-corrected chi connectivity index (χ2v) is 2.61. The van der Waals surface area contributed by atoms with Gasteiger partial charge in [-0.15, -0.1) is 4.68 Å². The van der Waals surface area contributed by atoms with Crippen molar-refractivity contribution >= 4 is 5.95 Å². The first-order valence-electron chi connectivity index (χ1n) is 3.84. The number of halogens is 1. The molecule has 0 aliphatic carbocycles. The summed E-state index contributed by atoms with van der Waals surface area (Å²) in [6, 6.07) is 1.14. The molecule has 0 N–H and O–H groups in total. The van der Waals surface area contributed by atoms with Crippen molar-refractivity contribution in [3.8, 4) is 5.69 Å². The molecule has 2 aromatic rings. The highest BCUT2D eigenvalue weighted by Crippen LogP contribution is 2.08. The zero-order valence-electron chi connectivity index (χ0n) is 7.24. The third-order valence-corrected chi connectivity index (χ3v) is 1.60. The number of nitro groups is 1.